The summed E-state index contributed by atoms with van der Waals surface area (Å²) in [5.74, 6) is 1.57. The molecule has 1 saturated carbocycles. The Morgan fingerprint density at radius 2 is 1.79 bits per heavy atom. The highest BCUT2D eigenvalue weighted by atomic mass is 16.2. The number of amides is 1. The summed E-state index contributed by atoms with van der Waals surface area (Å²) in [5.41, 5.74) is 5.74. The van der Waals surface area contributed by atoms with E-state index in [9.17, 15) is 4.79 Å². The summed E-state index contributed by atoms with van der Waals surface area (Å²) in [5, 5.41) is 4.99. The monoisotopic (exact) mass is 388 g/mol. The maximum atomic E-state index is 13.1. The minimum absolute atomic E-state index is 0.203. The molecule has 0 atom stereocenters. The second-order valence-corrected chi connectivity index (χ2v) is 8.57. The standard InChI is InChI=1S/C24H28N4O/c1-17-10-11-22(18(2)14-17)28-23(26-12-6-7-13-26)20-15-27(16-21(20)25-28)24(29)19-8-4-3-5-9-19/h6-7,10-14,19H,3-5,8-9,15-16H2,1-2H3. The number of aryl methyl sites for hydroxylation is 2. The van der Waals surface area contributed by atoms with Crippen LogP contribution in [0.4, 0.5) is 0 Å². The van der Waals surface area contributed by atoms with E-state index in [1.54, 1.807) is 0 Å². The van der Waals surface area contributed by atoms with Crippen molar-refractivity contribution in [3.63, 3.8) is 0 Å². The van der Waals surface area contributed by atoms with Gasteiger partial charge in [0.1, 0.15) is 5.82 Å². The fraction of sp³-hybridized carbons (Fsp3) is 0.417. The SMILES string of the molecule is Cc1ccc(-n2nc3c(c2-n2cccc2)CN(C(=O)C2CCCCC2)C3)c(C)c1. The van der Waals surface area contributed by atoms with Gasteiger partial charge in [-0.3, -0.25) is 4.79 Å². The average Bonchev–Trinajstić information content (AvgIpc) is 3.44. The predicted octanol–water partition coefficient (Wildman–Crippen LogP) is 4.70. The van der Waals surface area contributed by atoms with Crippen molar-refractivity contribution < 1.29 is 4.79 Å². The number of rotatable bonds is 3. The summed E-state index contributed by atoms with van der Waals surface area (Å²) in [7, 11) is 0. The molecule has 0 radical (unpaired) electrons. The third-order valence-electron chi connectivity index (χ3n) is 6.42. The summed E-state index contributed by atoms with van der Waals surface area (Å²) in [4.78, 5) is 15.1. The fourth-order valence-electron chi connectivity index (χ4n) is 4.92. The number of aromatic nitrogens is 3. The van der Waals surface area contributed by atoms with Crippen LogP contribution >= 0.6 is 0 Å². The topological polar surface area (TPSA) is 43.1 Å². The van der Waals surface area contributed by atoms with Crippen molar-refractivity contribution in [1.29, 1.82) is 0 Å². The highest BCUT2D eigenvalue weighted by Crippen LogP contribution is 2.34. The average molecular weight is 389 g/mol. The molecular weight excluding hydrogens is 360 g/mol. The molecule has 5 heteroatoms. The molecule has 0 unspecified atom stereocenters. The van der Waals surface area contributed by atoms with Crippen molar-refractivity contribution in [3.8, 4) is 11.5 Å². The zero-order chi connectivity index (χ0) is 20.0. The molecule has 0 bridgehead atoms. The molecule has 0 saturated heterocycles. The van der Waals surface area contributed by atoms with Gasteiger partial charge in [0.2, 0.25) is 5.91 Å². The van der Waals surface area contributed by atoms with E-state index in [4.69, 9.17) is 5.10 Å². The summed E-state index contributed by atoms with van der Waals surface area (Å²) >= 11 is 0. The van der Waals surface area contributed by atoms with Gasteiger partial charge in [-0.25, -0.2) is 4.68 Å². The number of fused-ring (bicyclic) bond motifs is 1. The minimum atomic E-state index is 0.203. The molecule has 1 amide bonds. The molecule has 3 heterocycles. The molecule has 2 aliphatic rings. The van der Waals surface area contributed by atoms with Crippen LogP contribution in [0.5, 0.6) is 0 Å². The molecule has 0 N–H and O–H groups in total. The van der Waals surface area contributed by atoms with Gasteiger partial charge < -0.3 is 9.47 Å². The maximum Gasteiger partial charge on any atom is 0.226 e. The van der Waals surface area contributed by atoms with Crippen LogP contribution in [0, 0.1) is 19.8 Å². The minimum Gasteiger partial charge on any atom is -0.332 e. The zero-order valence-electron chi connectivity index (χ0n) is 17.3. The number of carbonyl (C=O) groups excluding carboxylic acids is 1. The second kappa shape index (κ2) is 7.21. The Balaban J connectivity index is 1.52. The van der Waals surface area contributed by atoms with Crippen molar-refractivity contribution in [2.75, 3.05) is 0 Å². The lowest BCUT2D eigenvalue weighted by atomic mass is 9.88. The molecule has 29 heavy (non-hydrogen) atoms. The maximum absolute atomic E-state index is 13.1. The van der Waals surface area contributed by atoms with Gasteiger partial charge in [-0.2, -0.15) is 5.10 Å². The summed E-state index contributed by atoms with van der Waals surface area (Å²) in [6.07, 6.45) is 9.84. The summed E-state index contributed by atoms with van der Waals surface area (Å²) in [6.45, 7) is 5.52. The number of hydrogen-bond donors (Lipinski definition) is 0. The molecule has 1 aromatic carbocycles. The van der Waals surface area contributed by atoms with Crippen LogP contribution < -0.4 is 0 Å². The third kappa shape index (κ3) is 3.18. The number of benzene rings is 1. The molecule has 5 rings (SSSR count). The van der Waals surface area contributed by atoms with Gasteiger partial charge in [-0.05, 0) is 50.5 Å². The Hall–Kier alpha value is -2.82. The number of hydrogen-bond acceptors (Lipinski definition) is 2. The highest BCUT2D eigenvalue weighted by molar-refractivity contribution is 5.79. The van der Waals surface area contributed by atoms with Gasteiger partial charge in [0.05, 0.1) is 24.5 Å². The van der Waals surface area contributed by atoms with Crippen molar-refractivity contribution in [3.05, 3.63) is 65.1 Å². The van der Waals surface area contributed by atoms with Crippen LogP contribution in [0.1, 0.15) is 54.5 Å². The van der Waals surface area contributed by atoms with E-state index in [2.05, 4.69) is 53.7 Å². The first-order chi connectivity index (χ1) is 14.1. The Morgan fingerprint density at radius 3 is 2.52 bits per heavy atom. The first kappa shape index (κ1) is 18.2. The van der Waals surface area contributed by atoms with Crippen molar-refractivity contribution in [2.45, 2.75) is 59.0 Å². The predicted molar refractivity (Wildman–Crippen MR) is 113 cm³/mol. The Kier molecular flexibility index (Phi) is 4.53. The van der Waals surface area contributed by atoms with Crippen LogP contribution in [0.15, 0.2) is 42.7 Å². The van der Waals surface area contributed by atoms with Gasteiger partial charge in [0, 0.05) is 23.9 Å². The number of carbonyl (C=O) groups is 1. The fourth-order valence-corrected chi connectivity index (χ4v) is 4.92. The zero-order valence-corrected chi connectivity index (χ0v) is 17.3. The van der Waals surface area contributed by atoms with E-state index in [0.29, 0.717) is 19.0 Å². The largest absolute Gasteiger partial charge is 0.332 e. The van der Waals surface area contributed by atoms with E-state index in [0.717, 1.165) is 30.0 Å². The normalized spacial score (nSPS) is 17.0. The molecule has 1 aliphatic heterocycles. The lowest BCUT2D eigenvalue weighted by molar-refractivity contribution is -0.137. The van der Waals surface area contributed by atoms with Crippen molar-refractivity contribution in [2.24, 2.45) is 5.92 Å². The van der Waals surface area contributed by atoms with E-state index in [1.165, 1.54) is 36.0 Å². The van der Waals surface area contributed by atoms with Gasteiger partial charge in [-0.1, -0.05) is 37.0 Å². The smallest absolute Gasteiger partial charge is 0.226 e. The van der Waals surface area contributed by atoms with Crippen LogP contribution in [-0.4, -0.2) is 25.2 Å². The molecule has 1 aliphatic carbocycles. The summed E-state index contributed by atoms with van der Waals surface area (Å²) < 4.78 is 4.18. The van der Waals surface area contributed by atoms with Gasteiger partial charge in [-0.15, -0.1) is 0 Å². The van der Waals surface area contributed by atoms with Crippen LogP contribution in [0.3, 0.4) is 0 Å². The first-order valence-electron chi connectivity index (χ1n) is 10.7. The molecule has 2 aromatic heterocycles. The quantitative estimate of drug-likeness (QED) is 0.653. The van der Waals surface area contributed by atoms with Gasteiger partial charge >= 0.3 is 0 Å². The second-order valence-electron chi connectivity index (χ2n) is 8.57. The molecule has 1 fully saturated rings. The molecule has 5 nitrogen and oxygen atoms in total. The van der Waals surface area contributed by atoms with Crippen LogP contribution in [-0.2, 0) is 17.9 Å². The molecule has 3 aromatic rings. The van der Waals surface area contributed by atoms with E-state index < -0.39 is 0 Å². The Morgan fingerprint density at radius 1 is 1.03 bits per heavy atom. The number of nitrogens with zero attached hydrogens (tertiary/aromatic N) is 4. The van der Waals surface area contributed by atoms with Crippen LogP contribution in [0.2, 0.25) is 0 Å². The van der Waals surface area contributed by atoms with Crippen molar-refractivity contribution in [1.82, 2.24) is 19.2 Å². The molecule has 0 spiro atoms. The van der Waals surface area contributed by atoms with E-state index in [1.807, 2.05) is 17.0 Å². The Labute approximate surface area is 171 Å². The van der Waals surface area contributed by atoms with Crippen LogP contribution in [0.25, 0.3) is 11.5 Å². The van der Waals surface area contributed by atoms with E-state index in [-0.39, 0.29) is 5.92 Å². The van der Waals surface area contributed by atoms with Crippen molar-refractivity contribution >= 4 is 5.91 Å². The van der Waals surface area contributed by atoms with Gasteiger partial charge in [0.15, 0.2) is 0 Å². The lowest BCUT2D eigenvalue weighted by Gasteiger charge is -2.26. The first-order valence-corrected chi connectivity index (χ1v) is 10.7. The third-order valence-corrected chi connectivity index (χ3v) is 6.42. The summed E-state index contributed by atoms with van der Waals surface area (Å²) in [6, 6.07) is 10.5. The lowest BCUT2D eigenvalue weighted by Crippen LogP contribution is -2.33. The molecular formula is C24H28N4O. The molecule has 150 valence electrons. The highest BCUT2D eigenvalue weighted by Gasteiger charge is 2.34. The Bertz CT molecular complexity index is 1040. The van der Waals surface area contributed by atoms with Gasteiger partial charge in [0.25, 0.3) is 0 Å². The van der Waals surface area contributed by atoms with E-state index >= 15 is 0 Å².